The van der Waals surface area contributed by atoms with Gasteiger partial charge < -0.3 is 10.2 Å². The zero-order valence-corrected chi connectivity index (χ0v) is 17.3. The molecule has 0 bridgehead atoms. The molecule has 2 aliphatic rings. The van der Waals surface area contributed by atoms with Gasteiger partial charge in [0.2, 0.25) is 5.95 Å². The maximum Gasteiger partial charge on any atom is 0.273 e. The summed E-state index contributed by atoms with van der Waals surface area (Å²) in [7, 11) is 1.80. The number of carbonyl (C=O) groups is 1. The van der Waals surface area contributed by atoms with Crippen LogP contribution >= 0.6 is 0 Å². The van der Waals surface area contributed by atoms with Crippen LogP contribution in [0.3, 0.4) is 0 Å². The lowest BCUT2D eigenvalue weighted by Gasteiger charge is -2.30. The van der Waals surface area contributed by atoms with E-state index in [1.54, 1.807) is 7.05 Å². The minimum absolute atomic E-state index is 0.0366. The van der Waals surface area contributed by atoms with Crippen LogP contribution < -0.4 is 5.32 Å². The average molecular weight is 396 g/mol. The lowest BCUT2D eigenvalue weighted by atomic mass is 10.0. The summed E-state index contributed by atoms with van der Waals surface area (Å²) in [6.45, 7) is 10.5. The fourth-order valence-electron chi connectivity index (χ4n) is 4.14. The Labute approximate surface area is 171 Å². The Kier molecular flexibility index (Phi) is 5.62. The molecule has 0 unspecified atom stereocenters. The van der Waals surface area contributed by atoms with Gasteiger partial charge in [-0.3, -0.25) is 14.4 Å². The standard InChI is InChI=1S/C21H29N7O/c1-4-8-28-13-16(15(2)25-28)12-26-11-7-18-17(14-26)19(24-21(22-3)23-18)20(29)27-9-5-6-10-27/h4,13H,1,5-12,14H2,2-3H3,(H,22,23,24). The average Bonchev–Trinajstić information content (AvgIpc) is 3.37. The monoisotopic (exact) mass is 395 g/mol. The van der Waals surface area contributed by atoms with E-state index in [0.29, 0.717) is 24.7 Å². The molecule has 29 heavy (non-hydrogen) atoms. The van der Waals surface area contributed by atoms with Crippen molar-refractivity contribution in [1.82, 2.24) is 29.5 Å². The third kappa shape index (κ3) is 4.03. The predicted octanol–water partition coefficient (Wildman–Crippen LogP) is 2.00. The smallest absolute Gasteiger partial charge is 0.273 e. The van der Waals surface area contributed by atoms with Gasteiger partial charge in [-0.05, 0) is 19.8 Å². The molecular weight excluding hydrogens is 366 g/mol. The summed E-state index contributed by atoms with van der Waals surface area (Å²) in [6.07, 6.45) is 6.88. The Bertz CT molecular complexity index is 914. The molecule has 0 aliphatic carbocycles. The highest BCUT2D eigenvalue weighted by molar-refractivity contribution is 5.94. The molecule has 8 heteroatoms. The van der Waals surface area contributed by atoms with Gasteiger partial charge in [-0.2, -0.15) is 5.10 Å². The van der Waals surface area contributed by atoms with Crippen molar-refractivity contribution in [2.24, 2.45) is 0 Å². The lowest BCUT2D eigenvalue weighted by Crippen LogP contribution is -2.36. The van der Waals surface area contributed by atoms with Crippen LogP contribution in [0.25, 0.3) is 0 Å². The summed E-state index contributed by atoms with van der Waals surface area (Å²) in [4.78, 5) is 26.6. The normalized spacial score (nSPS) is 16.7. The van der Waals surface area contributed by atoms with E-state index in [0.717, 1.165) is 62.4 Å². The molecule has 4 heterocycles. The van der Waals surface area contributed by atoms with E-state index in [1.807, 2.05) is 22.6 Å². The number of amides is 1. The molecule has 2 aliphatic heterocycles. The van der Waals surface area contributed by atoms with Crippen molar-refractivity contribution in [2.45, 2.75) is 45.8 Å². The molecule has 8 nitrogen and oxygen atoms in total. The highest BCUT2D eigenvalue weighted by Gasteiger charge is 2.29. The number of rotatable bonds is 6. The van der Waals surface area contributed by atoms with Crippen molar-refractivity contribution >= 4 is 11.9 Å². The van der Waals surface area contributed by atoms with Crippen LogP contribution in [0.2, 0.25) is 0 Å². The Balaban J connectivity index is 1.59. The van der Waals surface area contributed by atoms with Gasteiger partial charge in [0.05, 0.1) is 17.9 Å². The number of aromatic nitrogens is 4. The van der Waals surface area contributed by atoms with Crippen LogP contribution in [-0.2, 0) is 26.1 Å². The van der Waals surface area contributed by atoms with Crippen LogP contribution in [0, 0.1) is 6.92 Å². The summed E-state index contributed by atoms with van der Waals surface area (Å²) in [5, 5.41) is 7.57. The number of aryl methyl sites for hydroxylation is 1. The number of nitrogens with zero attached hydrogens (tertiary/aromatic N) is 6. The molecule has 0 atom stereocenters. The van der Waals surface area contributed by atoms with Gasteiger partial charge in [0.15, 0.2) is 0 Å². The quantitative estimate of drug-likeness (QED) is 0.754. The molecule has 1 amide bonds. The number of carbonyl (C=O) groups excluding carboxylic acids is 1. The van der Waals surface area contributed by atoms with Crippen molar-refractivity contribution in [3.8, 4) is 0 Å². The first-order valence-corrected chi connectivity index (χ1v) is 10.3. The van der Waals surface area contributed by atoms with Gasteiger partial charge in [0.1, 0.15) is 5.69 Å². The highest BCUT2D eigenvalue weighted by Crippen LogP contribution is 2.25. The molecule has 1 saturated heterocycles. The van der Waals surface area contributed by atoms with E-state index in [1.165, 1.54) is 5.56 Å². The minimum atomic E-state index is 0.0366. The van der Waals surface area contributed by atoms with Crippen LogP contribution in [0.15, 0.2) is 18.9 Å². The molecule has 0 spiro atoms. The third-order valence-electron chi connectivity index (χ3n) is 5.72. The number of anilines is 1. The number of nitrogens with one attached hydrogen (secondary N) is 1. The van der Waals surface area contributed by atoms with E-state index >= 15 is 0 Å². The molecule has 154 valence electrons. The Hall–Kier alpha value is -2.74. The molecular formula is C21H29N7O. The largest absolute Gasteiger partial charge is 0.357 e. The van der Waals surface area contributed by atoms with Gasteiger partial charge in [0.25, 0.3) is 5.91 Å². The number of hydrogen-bond donors (Lipinski definition) is 1. The molecule has 2 aromatic heterocycles. The van der Waals surface area contributed by atoms with Crippen LogP contribution in [-0.4, -0.2) is 62.1 Å². The summed E-state index contributed by atoms with van der Waals surface area (Å²) in [6, 6.07) is 0. The van der Waals surface area contributed by atoms with Crippen LogP contribution in [0.1, 0.15) is 45.8 Å². The van der Waals surface area contributed by atoms with Crippen molar-refractivity contribution < 1.29 is 4.79 Å². The Morgan fingerprint density at radius 1 is 1.28 bits per heavy atom. The van der Waals surface area contributed by atoms with Gasteiger partial charge >= 0.3 is 0 Å². The first-order valence-electron chi connectivity index (χ1n) is 10.3. The van der Waals surface area contributed by atoms with Crippen molar-refractivity contribution in [2.75, 3.05) is 32.0 Å². The first kappa shape index (κ1) is 19.6. The summed E-state index contributed by atoms with van der Waals surface area (Å²) in [5.41, 5.74) is 4.76. The zero-order valence-electron chi connectivity index (χ0n) is 17.3. The molecule has 0 saturated carbocycles. The molecule has 0 radical (unpaired) electrons. The fourth-order valence-corrected chi connectivity index (χ4v) is 4.14. The van der Waals surface area contributed by atoms with Crippen molar-refractivity contribution in [3.05, 3.63) is 47.1 Å². The summed E-state index contributed by atoms with van der Waals surface area (Å²) >= 11 is 0. The van der Waals surface area contributed by atoms with Gasteiger partial charge in [-0.15, -0.1) is 6.58 Å². The zero-order chi connectivity index (χ0) is 20.4. The van der Waals surface area contributed by atoms with Crippen LogP contribution in [0.5, 0.6) is 0 Å². The first-order chi connectivity index (χ1) is 14.1. The maximum absolute atomic E-state index is 13.1. The second-order valence-corrected chi connectivity index (χ2v) is 7.78. The number of hydrogen-bond acceptors (Lipinski definition) is 6. The second kappa shape index (κ2) is 8.32. The predicted molar refractivity (Wildman–Crippen MR) is 112 cm³/mol. The van der Waals surface area contributed by atoms with E-state index in [2.05, 4.69) is 38.1 Å². The van der Waals surface area contributed by atoms with Crippen LogP contribution in [0.4, 0.5) is 5.95 Å². The SMILES string of the molecule is C=CCn1cc(CN2CCc3nc(NC)nc(C(=O)N4CCCC4)c3C2)c(C)n1. The van der Waals surface area contributed by atoms with Gasteiger partial charge in [-0.1, -0.05) is 6.08 Å². The van der Waals surface area contributed by atoms with Gasteiger partial charge in [0, 0.05) is 63.5 Å². The summed E-state index contributed by atoms with van der Waals surface area (Å²) in [5.74, 6) is 0.566. The second-order valence-electron chi connectivity index (χ2n) is 7.78. The minimum Gasteiger partial charge on any atom is -0.357 e. The Morgan fingerprint density at radius 2 is 2.07 bits per heavy atom. The van der Waals surface area contributed by atoms with E-state index in [9.17, 15) is 4.79 Å². The van der Waals surface area contributed by atoms with Gasteiger partial charge in [-0.25, -0.2) is 9.97 Å². The summed E-state index contributed by atoms with van der Waals surface area (Å²) < 4.78 is 1.92. The van der Waals surface area contributed by atoms with E-state index in [4.69, 9.17) is 0 Å². The molecule has 0 aromatic carbocycles. The fraction of sp³-hybridized carbons (Fsp3) is 0.524. The van der Waals surface area contributed by atoms with E-state index in [-0.39, 0.29) is 5.91 Å². The maximum atomic E-state index is 13.1. The topological polar surface area (TPSA) is 79.2 Å². The third-order valence-corrected chi connectivity index (χ3v) is 5.72. The molecule has 1 fully saturated rings. The van der Waals surface area contributed by atoms with Crippen molar-refractivity contribution in [3.63, 3.8) is 0 Å². The molecule has 2 aromatic rings. The lowest BCUT2D eigenvalue weighted by molar-refractivity contribution is 0.0783. The molecule has 4 rings (SSSR count). The Morgan fingerprint density at radius 3 is 2.79 bits per heavy atom. The number of likely N-dealkylation sites (tertiary alicyclic amines) is 1. The molecule has 1 N–H and O–H groups in total. The highest BCUT2D eigenvalue weighted by atomic mass is 16.2. The number of fused-ring (bicyclic) bond motifs is 1. The van der Waals surface area contributed by atoms with Crippen molar-refractivity contribution in [1.29, 1.82) is 0 Å². The number of allylic oxidation sites excluding steroid dienone is 1. The van der Waals surface area contributed by atoms with E-state index < -0.39 is 0 Å².